The first-order chi connectivity index (χ1) is 14.3. The summed E-state index contributed by atoms with van der Waals surface area (Å²) in [5.41, 5.74) is 16.8. The maximum Gasteiger partial charge on any atom is 0.264 e. The van der Waals surface area contributed by atoms with Gasteiger partial charge in [-0.05, 0) is 6.42 Å². The first kappa shape index (κ1) is 22.4. The second-order valence-electron chi connectivity index (χ2n) is 5.91. The molecule has 1 amide bonds. The summed E-state index contributed by atoms with van der Waals surface area (Å²) in [6.45, 7) is 1.79. The van der Waals surface area contributed by atoms with Crippen LogP contribution in [0.4, 0.5) is 10.3 Å². The smallest absolute Gasteiger partial charge is 0.264 e. The topological polar surface area (TPSA) is 161 Å². The highest BCUT2D eigenvalue weighted by Gasteiger charge is 2.19. The quantitative estimate of drug-likeness (QED) is 0.310. The van der Waals surface area contributed by atoms with Gasteiger partial charge < -0.3 is 31.4 Å². The number of aromatic nitrogens is 2. The number of amidine groups is 1. The van der Waals surface area contributed by atoms with Crippen molar-refractivity contribution in [3.8, 4) is 17.2 Å². The minimum absolute atomic E-state index is 0.0110. The van der Waals surface area contributed by atoms with Gasteiger partial charge in [0.25, 0.3) is 11.9 Å². The van der Waals surface area contributed by atoms with Crippen LogP contribution >= 0.6 is 0 Å². The third kappa shape index (κ3) is 5.34. The number of rotatable bonds is 9. The van der Waals surface area contributed by atoms with Crippen molar-refractivity contribution in [2.45, 2.75) is 20.0 Å². The maximum absolute atomic E-state index is 14.7. The maximum atomic E-state index is 14.7. The highest BCUT2D eigenvalue weighted by Crippen LogP contribution is 2.33. The van der Waals surface area contributed by atoms with Crippen LogP contribution in [0.3, 0.4) is 0 Å². The number of amides is 1. The lowest BCUT2D eigenvalue weighted by Crippen LogP contribution is -2.23. The van der Waals surface area contributed by atoms with Crippen molar-refractivity contribution >= 4 is 17.7 Å². The number of halogens is 1. The van der Waals surface area contributed by atoms with E-state index < -0.39 is 11.7 Å². The van der Waals surface area contributed by atoms with Gasteiger partial charge in [-0.3, -0.25) is 4.79 Å². The van der Waals surface area contributed by atoms with Gasteiger partial charge in [0.05, 0.1) is 26.6 Å². The molecule has 0 aliphatic rings. The molecule has 30 heavy (non-hydrogen) atoms. The summed E-state index contributed by atoms with van der Waals surface area (Å²) in [4.78, 5) is 22.8. The number of ether oxygens (including phenoxy) is 3. The number of aliphatic imine (C=N–C) groups is 1. The summed E-state index contributed by atoms with van der Waals surface area (Å²) < 4.78 is 30.8. The van der Waals surface area contributed by atoms with E-state index in [0.29, 0.717) is 23.3 Å². The summed E-state index contributed by atoms with van der Waals surface area (Å²) in [6, 6.07) is 1.50. The van der Waals surface area contributed by atoms with Crippen LogP contribution in [0.2, 0.25) is 0 Å². The number of primary amides is 1. The zero-order valence-electron chi connectivity index (χ0n) is 16.8. The number of methoxy groups -OCH3 is 2. The fourth-order valence-corrected chi connectivity index (χ4v) is 2.54. The Labute approximate surface area is 172 Å². The number of nitrogens with zero attached hydrogens (tertiary/aromatic N) is 3. The minimum Gasteiger partial charge on any atom is -0.496 e. The number of benzene rings is 1. The summed E-state index contributed by atoms with van der Waals surface area (Å²) in [5.74, 6) is -0.594. The van der Waals surface area contributed by atoms with E-state index in [2.05, 4.69) is 15.0 Å². The fraction of sp³-hybridized carbons (Fsp3) is 0.263. The molecule has 11 heteroatoms. The van der Waals surface area contributed by atoms with Crippen LogP contribution in [0.5, 0.6) is 17.2 Å². The molecule has 2 aromatic rings. The van der Waals surface area contributed by atoms with Crippen LogP contribution in [0.15, 0.2) is 35.2 Å². The molecule has 0 aliphatic carbocycles. The lowest BCUT2D eigenvalue weighted by molar-refractivity contribution is -0.114. The lowest BCUT2D eigenvalue weighted by atomic mass is 10.0. The summed E-state index contributed by atoms with van der Waals surface area (Å²) in [5, 5.41) is 0. The van der Waals surface area contributed by atoms with Gasteiger partial charge in [-0.1, -0.05) is 6.92 Å². The van der Waals surface area contributed by atoms with Gasteiger partial charge in [0.2, 0.25) is 0 Å². The van der Waals surface area contributed by atoms with Crippen molar-refractivity contribution in [3.05, 3.63) is 47.2 Å². The molecule has 6 N–H and O–H groups in total. The number of hydrogen-bond donors (Lipinski definition) is 3. The summed E-state index contributed by atoms with van der Waals surface area (Å²) in [6.07, 6.45) is 4.33. The van der Waals surface area contributed by atoms with E-state index in [-0.39, 0.29) is 35.6 Å². The van der Waals surface area contributed by atoms with Crippen molar-refractivity contribution < 1.29 is 23.4 Å². The van der Waals surface area contributed by atoms with Crippen molar-refractivity contribution in [1.29, 1.82) is 0 Å². The molecule has 0 unspecified atom stereocenters. The van der Waals surface area contributed by atoms with Gasteiger partial charge >= 0.3 is 0 Å². The Morgan fingerprint density at radius 3 is 2.30 bits per heavy atom. The minimum atomic E-state index is -0.828. The average molecular weight is 418 g/mol. The van der Waals surface area contributed by atoms with Gasteiger partial charge in [-0.15, -0.1) is 0 Å². The Morgan fingerprint density at radius 1 is 1.13 bits per heavy atom. The molecule has 1 heterocycles. The fourth-order valence-electron chi connectivity index (χ4n) is 2.54. The van der Waals surface area contributed by atoms with Gasteiger partial charge in [0, 0.05) is 23.3 Å². The predicted molar refractivity (Wildman–Crippen MR) is 108 cm³/mol. The van der Waals surface area contributed by atoms with E-state index >= 15 is 0 Å². The SMILES string of the molecule is CCc1c(OC)cc(OC)c(F)c1COc1cnc(N=C(N)C=C(N)C(N)=O)nc1. The second-order valence-corrected chi connectivity index (χ2v) is 5.91. The third-order valence-corrected chi connectivity index (χ3v) is 4.01. The Morgan fingerprint density at radius 2 is 1.77 bits per heavy atom. The largest absolute Gasteiger partial charge is 0.496 e. The Kier molecular flexibility index (Phi) is 7.50. The lowest BCUT2D eigenvalue weighted by Gasteiger charge is -2.16. The molecular formula is C19H23FN6O4. The zero-order valence-corrected chi connectivity index (χ0v) is 16.8. The van der Waals surface area contributed by atoms with Crippen LogP contribution in [0, 0.1) is 5.82 Å². The molecule has 0 fully saturated rings. The Bertz CT molecular complexity index is 976. The molecule has 0 aliphatic heterocycles. The van der Waals surface area contributed by atoms with Gasteiger partial charge in [0.15, 0.2) is 17.3 Å². The van der Waals surface area contributed by atoms with E-state index in [4.69, 9.17) is 31.4 Å². The Balaban J connectivity index is 2.20. The van der Waals surface area contributed by atoms with Crippen LogP contribution in [0.25, 0.3) is 0 Å². The van der Waals surface area contributed by atoms with Crippen LogP contribution in [0.1, 0.15) is 18.1 Å². The molecule has 10 nitrogen and oxygen atoms in total. The average Bonchev–Trinajstić information content (AvgIpc) is 2.73. The molecule has 1 aromatic carbocycles. The normalized spacial score (nSPS) is 11.9. The van der Waals surface area contributed by atoms with Crippen molar-refractivity contribution in [3.63, 3.8) is 0 Å². The highest BCUT2D eigenvalue weighted by molar-refractivity contribution is 6.01. The first-order valence-electron chi connectivity index (χ1n) is 8.78. The molecular weight excluding hydrogens is 395 g/mol. The number of hydrogen-bond acceptors (Lipinski definition) is 8. The van der Waals surface area contributed by atoms with Crippen molar-refractivity contribution in [2.24, 2.45) is 22.2 Å². The summed E-state index contributed by atoms with van der Waals surface area (Å²) in [7, 11) is 2.88. The third-order valence-electron chi connectivity index (χ3n) is 4.01. The molecule has 0 spiro atoms. The monoisotopic (exact) mass is 418 g/mol. The van der Waals surface area contributed by atoms with Gasteiger partial charge in [-0.25, -0.2) is 14.4 Å². The standard InChI is InChI=1S/C19H23FN6O4/c1-4-11-12(17(20)15(29-3)6-14(11)28-2)9-30-10-7-24-19(25-8-10)26-16(22)5-13(21)18(23)27/h5-8H,4,9,21H2,1-3H3,(H2,23,27)(H2,22,24,25,26). The number of carbonyl (C=O) groups excluding carboxylic acids is 1. The summed E-state index contributed by atoms with van der Waals surface area (Å²) >= 11 is 0. The first-order valence-corrected chi connectivity index (χ1v) is 8.78. The molecule has 0 saturated heterocycles. The van der Waals surface area contributed by atoms with E-state index in [1.807, 2.05) is 6.92 Å². The molecule has 0 saturated carbocycles. The molecule has 1 aromatic heterocycles. The Hall–Kier alpha value is -3.89. The van der Waals surface area contributed by atoms with Crippen molar-refractivity contribution in [1.82, 2.24) is 9.97 Å². The van der Waals surface area contributed by atoms with Crippen LogP contribution in [-0.2, 0) is 17.8 Å². The predicted octanol–water partition coefficient (Wildman–Crippen LogP) is 1.09. The zero-order chi connectivity index (χ0) is 22.3. The van der Waals surface area contributed by atoms with E-state index in [9.17, 15) is 9.18 Å². The number of carbonyl (C=O) groups is 1. The van der Waals surface area contributed by atoms with Gasteiger partial charge in [0.1, 0.15) is 23.9 Å². The second kappa shape index (κ2) is 10.0. The van der Waals surface area contributed by atoms with Crippen molar-refractivity contribution in [2.75, 3.05) is 14.2 Å². The van der Waals surface area contributed by atoms with E-state index in [1.54, 1.807) is 0 Å². The van der Waals surface area contributed by atoms with Crippen LogP contribution in [-0.4, -0.2) is 35.9 Å². The molecule has 0 radical (unpaired) electrons. The van der Waals surface area contributed by atoms with Gasteiger partial charge in [-0.2, -0.15) is 4.99 Å². The highest BCUT2D eigenvalue weighted by atomic mass is 19.1. The van der Waals surface area contributed by atoms with Crippen LogP contribution < -0.4 is 31.4 Å². The van der Waals surface area contributed by atoms with E-state index in [1.165, 1.54) is 32.7 Å². The molecule has 160 valence electrons. The number of nitrogens with two attached hydrogens (primary N) is 3. The van der Waals surface area contributed by atoms with E-state index in [0.717, 1.165) is 6.08 Å². The molecule has 0 bridgehead atoms. The molecule has 0 atom stereocenters. The molecule has 2 rings (SSSR count).